The lowest BCUT2D eigenvalue weighted by Crippen LogP contribution is -2.17. The quantitative estimate of drug-likeness (QED) is 0.239. The van der Waals surface area contributed by atoms with Crippen molar-refractivity contribution in [1.29, 1.82) is 0 Å². The van der Waals surface area contributed by atoms with Crippen molar-refractivity contribution in [2.45, 2.75) is 66.9 Å². The lowest BCUT2D eigenvalue weighted by Gasteiger charge is -2.20. The predicted octanol–water partition coefficient (Wildman–Crippen LogP) is 9.33. The molecular weight excluding hydrogens is 829 g/mol. The summed E-state index contributed by atoms with van der Waals surface area (Å²) in [6.07, 6.45) is 7.47. The number of halogens is 3. The lowest BCUT2D eigenvalue weighted by atomic mass is 9.92. The van der Waals surface area contributed by atoms with Crippen molar-refractivity contribution in [2.75, 3.05) is 23.8 Å². The van der Waals surface area contributed by atoms with Gasteiger partial charge in [-0.15, -0.1) is 24.0 Å². The summed E-state index contributed by atoms with van der Waals surface area (Å²) in [7, 11) is 2.09. The minimum Gasteiger partial charge on any atom is -0.388 e. The van der Waals surface area contributed by atoms with Crippen LogP contribution in [0.15, 0.2) is 59.7 Å². The number of amides is 1. The van der Waals surface area contributed by atoms with Crippen molar-refractivity contribution in [1.82, 2.24) is 0 Å². The number of hydrogen-bond acceptors (Lipinski definition) is 4. The Hall–Kier alpha value is -0.990. The first-order valence-electron chi connectivity index (χ1n) is 13.1. The summed E-state index contributed by atoms with van der Waals surface area (Å²) in [6, 6.07) is 11.6. The number of aldehydes is 1. The van der Waals surface area contributed by atoms with E-state index in [4.69, 9.17) is 0 Å². The Balaban J connectivity index is 0.000000669. The second-order valence-electron chi connectivity index (χ2n) is 9.47. The van der Waals surface area contributed by atoms with Crippen molar-refractivity contribution >= 4 is 84.8 Å². The second-order valence-corrected chi connectivity index (χ2v) is 9.47. The normalized spacial score (nSPS) is 17.3. The summed E-state index contributed by atoms with van der Waals surface area (Å²) in [4.78, 5) is 25.3. The third kappa shape index (κ3) is 11.8. The summed E-state index contributed by atoms with van der Waals surface area (Å²) in [5.74, 6) is 0.393. The number of nitrogens with one attached hydrogen (secondary N) is 1. The first-order chi connectivity index (χ1) is 18.2. The average Bonchev–Trinajstić information content (AvgIpc) is 3.04. The molecular formula is C31H43I3N2O3. The summed E-state index contributed by atoms with van der Waals surface area (Å²) < 4.78 is 0. The van der Waals surface area contributed by atoms with E-state index in [1.165, 1.54) is 11.3 Å². The fraction of sp³-hybridized carbons (Fsp3) is 0.419. The highest BCUT2D eigenvalue weighted by Crippen LogP contribution is 2.32. The number of hydrogen-bond donors (Lipinski definition) is 2. The van der Waals surface area contributed by atoms with E-state index in [9.17, 15) is 14.7 Å². The number of benzene rings is 2. The maximum absolute atomic E-state index is 12.3. The van der Waals surface area contributed by atoms with E-state index in [0.717, 1.165) is 54.4 Å². The summed E-state index contributed by atoms with van der Waals surface area (Å²) in [6.45, 7) is 13.1. The van der Waals surface area contributed by atoms with Crippen LogP contribution < -0.4 is 10.2 Å². The molecule has 8 heteroatoms. The number of carbonyl (C=O) groups is 2. The summed E-state index contributed by atoms with van der Waals surface area (Å²) >= 11 is 4.24. The maximum atomic E-state index is 12.3. The molecule has 0 fully saturated rings. The molecule has 0 aromatic heterocycles. The zero-order chi connectivity index (χ0) is 28.8. The van der Waals surface area contributed by atoms with Gasteiger partial charge in [0.25, 0.3) is 5.91 Å². The highest BCUT2D eigenvalue weighted by Gasteiger charge is 2.19. The molecule has 0 bridgehead atoms. The summed E-state index contributed by atoms with van der Waals surface area (Å²) in [5, 5.41) is 12.8. The fourth-order valence-corrected chi connectivity index (χ4v) is 4.49. The van der Waals surface area contributed by atoms with Crippen LogP contribution in [0.1, 0.15) is 80.1 Å². The Labute approximate surface area is 275 Å². The molecule has 0 saturated carbocycles. The standard InChI is InChI=1S/C17H19NO2.C12H17NO.C2H6.I2.HI/c1-11-4-7-16(13(3)8-11)17(20)18-15-6-5-14(10-19)12(2)9-15;1-9-5-6-11-10(8-9)12(14)4-3-7-13(11)2;2*1-2;/h5-11H,4H2,1-3H3,(H,18,20);5-6,8,12,14H,3-4,7H2,1-2H3;1-2H3;;1H. The van der Waals surface area contributed by atoms with Crippen molar-refractivity contribution in [3.05, 3.63) is 82.0 Å². The van der Waals surface area contributed by atoms with Crippen LogP contribution in [0.4, 0.5) is 11.4 Å². The molecule has 1 aliphatic heterocycles. The predicted molar refractivity (Wildman–Crippen MR) is 194 cm³/mol. The number of aliphatic hydroxyl groups is 1. The molecule has 2 aromatic rings. The first-order valence-corrected chi connectivity index (χ1v) is 19.4. The number of aryl methyl sites for hydroxylation is 2. The number of allylic oxidation sites excluding steroid dienone is 2. The number of fused-ring (bicyclic) bond motifs is 1. The third-order valence-electron chi connectivity index (χ3n) is 6.48. The number of aliphatic hydroxyl groups excluding tert-OH is 1. The average molecular weight is 872 g/mol. The van der Waals surface area contributed by atoms with Crippen LogP contribution >= 0.6 is 61.2 Å². The van der Waals surface area contributed by atoms with Gasteiger partial charge >= 0.3 is 0 Å². The molecule has 1 amide bonds. The Morgan fingerprint density at radius 2 is 1.77 bits per heavy atom. The largest absolute Gasteiger partial charge is 0.388 e. The molecule has 2 unspecified atom stereocenters. The van der Waals surface area contributed by atoms with Gasteiger partial charge in [-0.3, -0.25) is 9.59 Å². The molecule has 216 valence electrons. The maximum Gasteiger partial charge on any atom is 0.255 e. The van der Waals surface area contributed by atoms with Crippen molar-refractivity contribution in [2.24, 2.45) is 5.92 Å². The zero-order valence-corrected chi connectivity index (χ0v) is 30.7. The Bertz CT molecular complexity index is 1130. The van der Waals surface area contributed by atoms with Crippen LogP contribution in [-0.4, -0.2) is 30.9 Å². The van der Waals surface area contributed by atoms with Crippen molar-refractivity contribution < 1.29 is 14.7 Å². The van der Waals surface area contributed by atoms with Gasteiger partial charge in [0.1, 0.15) is 6.29 Å². The smallest absolute Gasteiger partial charge is 0.255 e. The molecule has 39 heavy (non-hydrogen) atoms. The van der Waals surface area contributed by atoms with Crippen LogP contribution in [-0.2, 0) is 4.79 Å². The highest BCUT2D eigenvalue weighted by molar-refractivity contribution is 15.0. The summed E-state index contributed by atoms with van der Waals surface area (Å²) in [5.41, 5.74) is 7.46. The lowest BCUT2D eigenvalue weighted by molar-refractivity contribution is -0.112. The molecule has 0 spiro atoms. The van der Waals surface area contributed by atoms with Crippen LogP contribution in [0.2, 0.25) is 0 Å². The molecule has 2 atom stereocenters. The minimum atomic E-state index is -0.283. The van der Waals surface area contributed by atoms with Gasteiger partial charge in [0.05, 0.1) is 6.10 Å². The van der Waals surface area contributed by atoms with Gasteiger partial charge in [0.2, 0.25) is 0 Å². The van der Waals surface area contributed by atoms with Gasteiger partial charge in [-0.2, -0.15) is 0 Å². The zero-order valence-electron chi connectivity index (χ0n) is 24.1. The molecule has 1 aliphatic carbocycles. The number of nitrogens with zero attached hydrogens (tertiary/aromatic N) is 1. The number of rotatable bonds is 3. The van der Waals surface area contributed by atoms with E-state index in [0.29, 0.717) is 17.2 Å². The van der Waals surface area contributed by atoms with Gasteiger partial charge in [-0.05, 0) is 81.4 Å². The van der Waals surface area contributed by atoms with Crippen LogP contribution in [0.3, 0.4) is 0 Å². The molecule has 2 aromatic carbocycles. The molecule has 1 heterocycles. The Morgan fingerprint density at radius 1 is 1.10 bits per heavy atom. The van der Waals surface area contributed by atoms with Gasteiger partial charge in [0, 0.05) is 78.9 Å². The fourth-order valence-electron chi connectivity index (χ4n) is 4.49. The van der Waals surface area contributed by atoms with E-state index in [1.54, 1.807) is 12.1 Å². The topological polar surface area (TPSA) is 69.6 Å². The van der Waals surface area contributed by atoms with Crippen LogP contribution in [0, 0.1) is 19.8 Å². The number of anilines is 2. The van der Waals surface area contributed by atoms with E-state index in [-0.39, 0.29) is 36.0 Å². The second kappa shape index (κ2) is 20.0. The van der Waals surface area contributed by atoms with Crippen LogP contribution in [0.5, 0.6) is 0 Å². The SMILES string of the molecule is CC.CC1=CC(C)CC=C1C(=O)Nc1ccc(C=O)c(C)c1.Cc1ccc2c(c1)C(O)CCCN2C.I.II. The molecule has 2 aliphatic rings. The molecule has 0 radical (unpaired) electrons. The van der Waals surface area contributed by atoms with Gasteiger partial charge in [0.15, 0.2) is 0 Å². The first kappa shape index (κ1) is 38.0. The molecule has 5 nitrogen and oxygen atoms in total. The van der Waals surface area contributed by atoms with E-state index in [1.807, 2.05) is 39.8 Å². The van der Waals surface area contributed by atoms with E-state index in [2.05, 4.69) is 92.6 Å². The highest BCUT2D eigenvalue weighted by atomic mass is 128. The third-order valence-corrected chi connectivity index (χ3v) is 6.48. The van der Waals surface area contributed by atoms with Gasteiger partial charge in [-0.1, -0.05) is 50.6 Å². The molecule has 2 N–H and O–H groups in total. The van der Waals surface area contributed by atoms with E-state index < -0.39 is 0 Å². The Morgan fingerprint density at radius 3 is 2.36 bits per heavy atom. The monoisotopic (exact) mass is 872 g/mol. The van der Waals surface area contributed by atoms with Crippen molar-refractivity contribution in [3.63, 3.8) is 0 Å². The Kier molecular flexibility index (Phi) is 19.5. The van der Waals surface area contributed by atoms with Crippen LogP contribution in [0.25, 0.3) is 0 Å². The number of carbonyl (C=O) groups excluding carboxylic acids is 2. The molecule has 0 saturated heterocycles. The van der Waals surface area contributed by atoms with Gasteiger partial charge < -0.3 is 15.3 Å². The van der Waals surface area contributed by atoms with E-state index >= 15 is 0 Å². The van der Waals surface area contributed by atoms with Crippen molar-refractivity contribution in [3.8, 4) is 0 Å². The minimum absolute atomic E-state index is 0. The van der Waals surface area contributed by atoms with Gasteiger partial charge in [-0.25, -0.2) is 0 Å². The molecule has 4 rings (SSSR count).